The lowest BCUT2D eigenvalue weighted by Gasteiger charge is -2.06. The SMILES string of the molecule is CCCOc1ccc(C(=O)N/N=C/c2ccc(OC(=O)c3ccccc3Cl)cc2)cc1. The number of rotatable bonds is 8. The fraction of sp³-hybridized carbons (Fsp3) is 0.125. The fourth-order valence-corrected chi connectivity index (χ4v) is 2.78. The number of carbonyl (C=O) groups excluding carboxylic acids is 2. The van der Waals surface area contributed by atoms with Crippen LogP contribution in [0.5, 0.6) is 11.5 Å². The maximum absolute atomic E-state index is 12.2. The lowest BCUT2D eigenvalue weighted by Crippen LogP contribution is -2.17. The molecule has 0 aromatic heterocycles. The Kier molecular flexibility index (Phi) is 7.79. The molecule has 158 valence electrons. The van der Waals surface area contributed by atoms with Crippen LogP contribution < -0.4 is 14.9 Å². The molecule has 0 aliphatic carbocycles. The summed E-state index contributed by atoms with van der Waals surface area (Å²) in [6.07, 6.45) is 2.41. The van der Waals surface area contributed by atoms with Crippen LogP contribution in [0.15, 0.2) is 77.9 Å². The van der Waals surface area contributed by atoms with Crippen molar-refractivity contribution in [1.29, 1.82) is 0 Å². The summed E-state index contributed by atoms with van der Waals surface area (Å²) in [6.45, 7) is 2.66. The molecule has 1 N–H and O–H groups in total. The molecule has 0 aliphatic rings. The fourth-order valence-electron chi connectivity index (χ4n) is 2.56. The van der Waals surface area contributed by atoms with Gasteiger partial charge in [0, 0.05) is 5.56 Å². The second-order valence-corrected chi connectivity index (χ2v) is 6.92. The number of nitrogens with one attached hydrogen (secondary N) is 1. The molecule has 0 heterocycles. The lowest BCUT2D eigenvalue weighted by atomic mass is 10.2. The highest BCUT2D eigenvalue weighted by Gasteiger charge is 2.12. The highest BCUT2D eigenvalue weighted by molar-refractivity contribution is 6.33. The first-order valence-electron chi connectivity index (χ1n) is 9.70. The molecule has 3 aromatic carbocycles. The van der Waals surface area contributed by atoms with Crippen molar-refractivity contribution >= 4 is 29.7 Å². The van der Waals surface area contributed by atoms with Gasteiger partial charge in [0.05, 0.1) is 23.4 Å². The molecule has 1 amide bonds. The van der Waals surface area contributed by atoms with Crippen molar-refractivity contribution in [2.24, 2.45) is 5.10 Å². The number of ether oxygens (including phenoxy) is 2. The Balaban J connectivity index is 1.53. The van der Waals surface area contributed by atoms with Gasteiger partial charge in [-0.15, -0.1) is 0 Å². The molecule has 0 atom stereocenters. The smallest absolute Gasteiger partial charge is 0.345 e. The van der Waals surface area contributed by atoms with E-state index >= 15 is 0 Å². The van der Waals surface area contributed by atoms with Crippen LogP contribution in [0.2, 0.25) is 5.02 Å². The van der Waals surface area contributed by atoms with Gasteiger partial charge in [-0.2, -0.15) is 5.10 Å². The predicted molar refractivity (Wildman–Crippen MR) is 120 cm³/mol. The zero-order valence-corrected chi connectivity index (χ0v) is 17.6. The standard InChI is InChI=1S/C24H21ClN2O4/c1-2-15-30-19-13-9-18(10-14-19)23(28)27-26-16-17-7-11-20(12-8-17)31-24(29)21-5-3-4-6-22(21)25/h3-14,16H,2,15H2,1H3,(H,27,28)/b26-16+. The minimum absolute atomic E-state index is 0.294. The van der Waals surface area contributed by atoms with Gasteiger partial charge in [-0.1, -0.05) is 30.7 Å². The van der Waals surface area contributed by atoms with Crippen molar-refractivity contribution in [3.8, 4) is 11.5 Å². The van der Waals surface area contributed by atoms with E-state index in [-0.39, 0.29) is 5.91 Å². The molecule has 0 spiro atoms. The summed E-state index contributed by atoms with van der Waals surface area (Å²) >= 11 is 6.01. The van der Waals surface area contributed by atoms with E-state index in [1.807, 2.05) is 6.92 Å². The number of amides is 1. The molecule has 3 aromatic rings. The number of esters is 1. The van der Waals surface area contributed by atoms with Crippen LogP contribution in [0.4, 0.5) is 0 Å². The Morgan fingerprint density at radius 3 is 2.32 bits per heavy atom. The summed E-state index contributed by atoms with van der Waals surface area (Å²) in [5.74, 6) is 0.225. The van der Waals surface area contributed by atoms with Gasteiger partial charge in [0.2, 0.25) is 0 Å². The quantitative estimate of drug-likeness (QED) is 0.230. The first-order valence-corrected chi connectivity index (χ1v) is 10.1. The van der Waals surface area contributed by atoms with Crippen molar-refractivity contribution in [1.82, 2.24) is 5.43 Å². The monoisotopic (exact) mass is 436 g/mol. The van der Waals surface area contributed by atoms with Gasteiger partial charge >= 0.3 is 5.97 Å². The normalized spacial score (nSPS) is 10.6. The number of carbonyl (C=O) groups is 2. The Morgan fingerprint density at radius 1 is 0.968 bits per heavy atom. The van der Waals surface area contributed by atoms with E-state index < -0.39 is 5.97 Å². The molecule has 0 saturated heterocycles. The van der Waals surface area contributed by atoms with E-state index in [9.17, 15) is 9.59 Å². The molecule has 0 radical (unpaired) electrons. The van der Waals surface area contributed by atoms with Gasteiger partial charge < -0.3 is 9.47 Å². The Labute approximate surface area is 185 Å². The van der Waals surface area contributed by atoms with Crippen LogP contribution >= 0.6 is 11.6 Å². The maximum atomic E-state index is 12.2. The molecular formula is C24H21ClN2O4. The molecule has 0 aliphatic heterocycles. The third-order valence-electron chi connectivity index (χ3n) is 4.15. The van der Waals surface area contributed by atoms with Crippen LogP contribution in [0, 0.1) is 0 Å². The first-order chi connectivity index (χ1) is 15.1. The minimum Gasteiger partial charge on any atom is -0.494 e. The zero-order chi connectivity index (χ0) is 22.1. The third kappa shape index (κ3) is 6.42. The number of nitrogens with zero attached hydrogens (tertiary/aromatic N) is 1. The van der Waals surface area contributed by atoms with Gasteiger partial charge in [-0.25, -0.2) is 10.2 Å². The van der Waals surface area contributed by atoms with Crippen LogP contribution in [-0.4, -0.2) is 24.7 Å². The number of benzene rings is 3. The van der Waals surface area contributed by atoms with Gasteiger partial charge in [0.25, 0.3) is 5.91 Å². The second-order valence-electron chi connectivity index (χ2n) is 6.51. The van der Waals surface area contributed by atoms with E-state index in [1.165, 1.54) is 6.21 Å². The average Bonchev–Trinajstić information content (AvgIpc) is 2.79. The van der Waals surface area contributed by atoms with E-state index in [2.05, 4.69) is 10.5 Å². The molecule has 0 saturated carbocycles. The summed E-state index contributed by atoms with van der Waals surface area (Å²) in [5, 5.41) is 4.29. The van der Waals surface area contributed by atoms with Crippen LogP contribution in [-0.2, 0) is 0 Å². The minimum atomic E-state index is -0.537. The van der Waals surface area contributed by atoms with Crippen molar-refractivity contribution in [3.63, 3.8) is 0 Å². The number of hydrogen-bond donors (Lipinski definition) is 1. The van der Waals surface area contributed by atoms with Gasteiger partial charge in [0.15, 0.2) is 0 Å². The van der Waals surface area contributed by atoms with E-state index in [0.29, 0.717) is 28.5 Å². The summed E-state index contributed by atoms with van der Waals surface area (Å²) in [6, 6.07) is 20.2. The number of hydrogen-bond acceptors (Lipinski definition) is 5. The topological polar surface area (TPSA) is 77.0 Å². The largest absolute Gasteiger partial charge is 0.494 e. The lowest BCUT2D eigenvalue weighted by molar-refractivity contribution is 0.0734. The average molecular weight is 437 g/mol. The highest BCUT2D eigenvalue weighted by Crippen LogP contribution is 2.19. The van der Waals surface area contributed by atoms with Crippen LogP contribution in [0.1, 0.15) is 39.6 Å². The molecule has 3 rings (SSSR count). The summed E-state index contributed by atoms with van der Waals surface area (Å²) in [5.41, 5.74) is 3.97. The Morgan fingerprint density at radius 2 is 1.65 bits per heavy atom. The molecule has 7 heteroatoms. The first kappa shape index (κ1) is 22.1. The Hall–Kier alpha value is -3.64. The molecule has 0 bridgehead atoms. The summed E-state index contributed by atoms with van der Waals surface area (Å²) in [4.78, 5) is 24.3. The number of halogens is 1. The van der Waals surface area contributed by atoms with Crippen LogP contribution in [0.25, 0.3) is 0 Å². The van der Waals surface area contributed by atoms with E-state index in [1.54, 1.807) is 72.8 Å². The summed E-state index contributed by atoms with van der Waals surface area (Å²) in [7, 11) is 0. The van der Waals surface area contributed by atoms with Gasteiger partial charge in [-0.3, -0.25) is 4.79 Å². The molecule has 6 nitrogen and oxygen atoms in total. The summed E-state index contributed by atoms with van der Waals surface area (Å²) < 4.78 is 10.8. The van der Waals surface area contributed by atoms with E-state index in [4.69, 9.17) is 21.1 Å². The predicted octanol–water partition coefficient (Wildman–Crippen LogP) is 5.11. The zero-order valence-electron chi connectivity index (χ0n) is 16.9. The maximum Gasteiger partial charge on any atom is 0.345 e. The Bertz CT molecular complexity index is 1060. The van der Waals surface area contributed by atoms with Crippen LogP contribution in [0.3, 0.4) is 0 Å². The van der Waals surface area contributed by atoms with Crippen molar-refractivity contribution < 1.29 is 19.1 Å². The third-order valence-corrected chi connectivity index (χ3v) is 4.48. The molecule has 0 fully saturated rings. The molecular weight excluding hydrogens is 416 g/mol. The van der Waals surface area contributed by atoms with Gasteiger partial charge in [0.1, 0.15) is 11.5 Å². The second kappa shape index (κ2) is 10.9. The molecule has 0 unspecified atom stereocenters. The highest BCUT2D eigenvalue weighted by atomic mass is 35.5. The van der Waals surface area contributed by atoms with E-state index in [0.717, 1.165) is 17.7 Å². The van der Waals surface area contributed by atoms with Crippen molar-refractivity contribution in [2.75, 3.05) is 6.61 Å². The molecule has 31 heavy (non-hydrogen) atoms. The van der Waals surface area contributed by atoms with Crippen molar-refractivity contribution in [3.05, 3.63) is 94.5 Å². The van der Waals surface area contributed by atoms with Gasteiger partial charge in [-0.05, 0) is 72.6 Å². The van der Waals surface area contributed by atoms with Crippen molar-refractivity contribution in [2.45, 2.75) is 13.3 Å². The number of hydrazone groups is 1.